The number of hydrogen-bond acceptors (Lipinski definition) is 3. The Morgan fingerprint density at radius 1 is 1.71 bits per heavy atom. The Morgan fingerprint density at radius 3 is 3.29 bits per heavy atom. The van der Waals surface area contributed by atoms with E-state index in [4.69, 9.17) is 10.2 Å². The number of nitrogens with two attached hydrogens (primary N) is 1. The standard InChI is InChI=1S/C13H20N2O2/c1-2-4-10(14)13(16)15-11-5-3-6-12-9(11)7-8-17-12/h7-8,10-11H,2-6,14H2,1H3,(H,15,16)/t10-,11?/m0/s1. The Balaban J connectivity index is 1.99. The third-order valence-electron chi connectivity index (χ3n) is 3.30. The lowest BCUT2D eigenvalue weighted by atomic mass is 9.93. The smallest absolute Gasteiger partial charge is 0.237 e. The van der Waals surface area contributed by atoms with Gasteiger partial charge < -0.3 is 15.5 Å². The zero-order valence-corrected chi connectivity index (χ0v) is 10.2. The van der Waals surface area contributed by atoms with E-state index in [0.29, 0.717) is 0 Å². The molecular weight excluding hydrogens is 216 g/mol. The van der Waals surface area contributed by atoms with E-state index in [9.17, 15) is 4.79 Å². The van der Waals surface area contributed by atoms with E-state index in [1.165, 1.54) is 0 Å². The van der Waals surface area contributed by atoms with Gasteiger partial charge in [0.25, 0.3) is 0 Å². The van der Waals surface area contributed by atoms with Crippen LogP contribution in [0.2, 0.25) is 0 Å². The molecule has 0 aliphatic heterocycles. The molecule has 0 fully saturated rings. The van der Waals surface area contributed by atoms with E-state index in [2.05, 4.69) is 5.32 Å². The second-order valence-electron chi connectivity index (χ2n) is 4.65. The summed E-state index contributed by atoms with van der Waals surface area (Å²) in [7, 11) is 0. The fraction of sp³-hybridized carbons (Fsp3) is 0.615. The second kappa shape index (κ2) is 5.36. The first-order chi connectivity index (χ1) is 8.22. The van der Waals surface area contributed by atoms with Crippen molar-refractivity contribution in [3.8, 4) is 0 Å². The maximum Gasteiger partial charge on any atom is 0.237 e. The molecular formula is C13H20N2O2. The lowest BCUT2D eigenvalue weighted by molar-refractivity contribution is -0.123. The molecule has 1 aromatic heterocycles. The van der Waals surface area contributed by atoms with Gasteiger partial charge in [-0.3, -0.25) is 4.79 Å². The first-order valence-corrected chi connectivity index (χ1v) is 6.34. The van der Waals surface area contributed by atoms with Crippen LogP contribution in [-0.2, 0) is 11.2 Å². The summed E-state index contributed by atoms with van der Waals surface area (Å²) >= 11 is 0. The van der Waals surface area contributed by atoms with Crippen molar-refractivity contribution < 1.29 is 9.21 Å². The van der Waals surface area contributed by atoms with Gasteiger partial charge >= 0.3 is 0 Å². The molecule has 0 bridgehead atoms. The largest absolute Gasteiger partial charge is 0.469 e. The Labute approximate surface area is 102 Å². The van der Waals surface area contributed by atoms with E-state index in [1.807, 2.05) is 13.0 Å². The molecule has 3 N–H and O–H groups in total. The molecule has 1 heterocycles. The summed E-state index contributed by atoms with van der Waals surface area (Å²) in [5.41, 5.74) is 6.92. The minimum Gasteiger partial charge on any atom is -0.469 e. The van der Waals surface area contributed by atoms with Crippen molar-refractivity contribution in [1.29, 1.82) is 0 Å². The van der Waals surface area contributed by atoms with Crippen LogP contribution in [0.3, 0.4) is 0 Å². The molecule has 4 heteroatoms. The summed E-state index contributed by atoms with van der Waals surface area (Å²) in [5, 5.41) is 3.02. The van der Waals surface area contributed by atoms with Gasteiger partial charge in [-0.15, -0.1) is 0 Å². The molecule has 0 radical (unpaired) electrons. The van der Waals surface area contributed by atoms with Gasteiger partial charge in [-0.05, 0) is 25.3 Å². The number of aryl methyl sites for hydroxylation is 1. The van der Waals surface area contributed by atoms with Gasteiger partial charge in [0.05, 0.1) is 18.3 Å². The van der Waals surface area contributed by atoms with E-state index in [-0.39, 0.29) is 11.9 Å². The van der Waals surface area contributed by atoms with Crippen molar-refractivity contribution in [2.24, 2.45) is 5.73 Å². The summed E-state index contributed by atoms with van der Waals surface area (Å²) in [4.78, 5) is 11.9. The van der Waals surface area contributed by atoms with Crippen LogP contribution in [0.1, 0.15) is 50.0 Å². The zero-order chi connectivity index (χ0) is 12.3. The highest BCUT2D eigenvalue weighted by Crippen LogP contribution is 2.30. The van der Waals surface area contributed by atoms with Crippen LogP contribution in [0.4, 0.5) is 0 Å². The highest BCUT2D eigenvalue weighted by Gasteiger charge is 2.25. The van der Waals surface area contributed by atoms with Crippen molar-refractivity contribution >= 4 is 5.91 Å². The fourth-order valence-electron chi connectivity index (χ4n) is 2.36. The minimum absolute atomic E-state index is 0.0501. The summed E-state index contributed by atoms with van der Waals surface area (Å²) in [6.07, 6.45) is 6.34. The number of fused-ring (bicyclic) bond motifs is 1. The highest BCUT2D eigenvalue weighted by molar-refractivity contribution is 5.81. The molecule has 0 spiro atoms. The molecule has 1 amide bonds. The van der Waals surface area contributed by atoms with Crippen LogP contribution in [0.25, 0.3) is 0 Å². The van der Waals surface area contributed by atoms with Crippen molar-refractivity contribution in [2.75, 3.05) is 0 Å². The predicted octanol–water partition coefficient (Wildman–Crippen LogP) is 1.90. The molecule has 1 aliphatic carbocycles. The van der Waals surface area contributed by atoms with Crippen LogP contribution < -0.4 is 11.1 Å². The number of carbonyl (C=O) groups is 1. The average Bonchev–Trinajstić information content (AvgIpc) is 2.78. The number of hydrogen-bond donors (Lipinski definition) is 2. The summed E-state index contributed by atoms with van der Waals surface area (Å²) < 4.78 is 5.39. The quantitative estimate of drug-likeness (QED) is 0.839. The molecule has 0 saturated carbocycles. The Morgan fingerprint density at radius 2 is 2.53 bits per heavy atom. The molecule has 2 atom stereocenters. The second-order valence-corrected chi connectivity index (χ2v) is 4.65. The molecule has 1 aliphatic rings. The van der Waals surface area contributed by atoms with E-state index in [0.717, 1.165) is 43.4 Å². The van der Waals surface area contributed by atoms with Crippen LogP contribution in [0.15, 0.2) is 16.7 Å². The van der Waals surface area contributed by atoms with Gasteiger partial charge in [-0.2, -0.15) is 0 Å². The molecule has 17 heavy (non-hydrogen) atoms. The van der Waals surface area contributed by atoms with Crippen molar-refractivity contribution in [3.05, 3.63) is 23.7 Å². The van der Waals surface area contributed by atoms with Gasteiger partial charge in [0.2, 0.25) is 5.91 Å². The maximum absolute atomic E-state index is 11.9. The normalized spacial score (nSPS) is 20.7. The monoisotopic (exact) mass is 236 g/mol. The molecule has 4 nitrogen and oxygen atoms in total. The predicted molar refractivity (Wildman–Crippen MR) is 65.4 cm³/mol. The number of rotatable bonds is 4. The number of carbonyl (C=O) groups excluding carboxylic acids is 1. The Bertz CT molecular complexity index is 387. The Kier molecular flexibility index (Phi) is 3.84. The van der Waals surface area contributed by atoms with Crippen molar-refractivity contribution in [2.45, 2.75) is 51.1 Å². The van der Waals surface area contributed by atoms with Crippen LogP contribution >= 0.6 is 0 Å². The summed E-state index contributed by atoms with van der Waals surface area (Å²) in [6, 6.07) is 1.63. The summed E-state index contributed by atoms with van der Waals surface area (Å²) in [5.74, 6) is 0.955. The van der Waals surface area contributed by atoms with E-state index < -0.39 is 6.04 Å². The van der Waals surface area contributed by atoms with Gasteiger partial charge in [-0.25, -0.2) is 0 Å². The molecule has 0 aromatic carbocycles. The highest BCUT2D eigenvalue weighted by atomic mass is 16.3. The number of furan rings is 1. The van der Waals surface area contributed by atoms with Gasteiger partial charge in [0, 0.05) is 12.0 Å². The average molecular weight is 236 g/mol. The third-order valence-corrected chi connectivity index (χ3v) is 3.30. The van der Waals surface area contributed by atoms with Crippen LogP contribution in [0, 0.1) is 0 Å². The molecule has 2 rings (SSSR count). The van der Waals surface area contributed by atoms with Crippen molar-refractivity contribution in [3.63, 3.8) is 0 Å². The maximum atomic E-state index is 11.9. The summed E-state index contributed by atoms with van der Waals surface area (Å²) in [6.45, 7) is 2.03. The minimum atomic E-state index is -0.391. The lowest BCUT2D eigenvalue weighted by Crippen LogP contribution is -2.42. The topological polar surface area (TPSA) is 68.3 Å². The third kappa shape index (κ3) is 2.69. The molecule has 1 aromatic rings. The first-order valence-electron chi connectivity index (χ1n) is 6.34. The Hall–Kier alpha value is -1.29. The van der Waals surface area contributed by atoms with Crippen LogP contribution in [-0.4, -0.2) is 11.9 Å². The molecule has 0 saturated heterocycles. The molecule has 94 valence electrons. The van der Waals surface area contributed by atoms with Crippen molar-refractivity contribution in [1.82, 2.24) is 5.32 Å². The van der Waals surface area contributed by atoms with E-state index in [1.54, 1.807) is 6.26 Å². The first kappa shape index (κ1) is 12.2. The fourth-order valence-corrected chi connectivity index (χ4v) is 2.36. The van der Waals surface area contributed by atoms with Crippen LogP contribution in [0.5, 0.6) is 0 Å². The van der Waals surface area contributed by atoms with Gasteiger partial charge in [0.1, 0.15) is 5.76 Å². The molecule has 1 unspecified atom stereocenters. The zero-order valence-electron chi connectivity index (χ0n) is 10.2. The van der Waals surface area contributed by atoms with Gasteiger partial charge in [0.15, 0.2) is 0 Å². The van der Waals surface area contributed by atoms with E-state index >= 15 is 0 Å². The number of nitrogens with one attached hydrogen (secondary N) is 1. The SMILES string of the molecule is CCC[C@H](N)C(=O)NC1CCCc2occc21. The lowest BCUT2D eigenvalue weighted by Gasteiger charge is -2.24. The van der Waals surface area contributed by atoms with Gasteiger partial charge in [-0.1, -0.05) is 13.3 Å². The number of amides is 1.